The van der Waals surface area contributed by atoms with Crippen molar-refractivity contribution in [3.05, 3.63) is 42.6 Å². The molecule has 0 radical (unpaired) electrons. The average molecular weight is 345 g/mol. The van der Waals surface area contributed by atoms with Crippen molar-refractivity contribution in [3.8, 4) is 11.1 Å². The molecule has 0 spiro atoms. The van der Waals surface area contributed by atoms with Gasteiger partial charge in [0.1, 0.15) is 5.65 Å². The van der Waals surface area contributed by atoms with Crippen molar-refractivity contribution in [2.45, 2.75) is 38.2 Å². The number of hydrogen-bond acceptors (Lipinski definition) is 3. The van der Waals surface area contributed by atoms with Crippen molar-refractivity contribution in [2.24, 2.45) is 11.7 Å². The summed E-state index contributed by atoms with van der Waals surface area (Å²) in [7, 11) is 0. The van der Waals surface area contributed by atoms with Gasteiger partial charge in [-0.05, 0) is 50.3 Å². The third-order valence-corrected chi connectivity index (χ3v) is 5.20. The van der Waals surface area contributed by atoms with Crippen molar-refractivity contribution in [3.63, 3.8) is 0 Å². The molecule has 3 heterocycles. The third-order valence-electron chi connectivity index (χ3n) is 5.20. The topological polar surface area (TPSA) is 61.1 Å². The van der Waals surface area contributed by atoms with Crippen molar-refractivity contribution >= 4 is 5.65 Å². The second kappa shape index (κ2) is 6.55. The quantitative estimate of drug-likeness (QED) is 0.782. The van der Waals surface area contributed by atoms with Crippen molar-refractivity contribution in [1.29, 1.82) is 0 Å². The van der Waals surface area contributed by atoms with Crippen LogP contribution in [0.15, 0.2) is 36.9 Å². The molecule has 132 valence electrons. The molecule has 3 aromatic rings. The van der Waals surface area contributed by atoms with E-state index in [1.54, 1.807) is 0 Å². The van der Waals surface area contributed by atoms with E-state index in [-0.39, 0.29) is 0 Å². The summed E-state index contributed by atoms with van der Waals surface area (Å²) in [6, 6.07) is 3.81. The molecule has 0 unspecified atom stereocenters. The third kappa shape index (κ3) is 3.16. The molecule has 7 heteroatoms. The maximum atomic E-state index is 12.7. The van der Waals surface area contributed by atoms with Gasteiger partial charge >= 0.3 is 6.55 Å². The molecular formula is C18H21F2N5. The fraction of sp³-hybridized carbons (Fsp3) is 0.444. The zero-order valence-electron chi connectivity index (χ0n) is 13.9. The summed E-state index contributed by atoms with van der Waals surface area (Å²) in [6.07, 6.45) is 11.4. The van der Waals surface area contributed by atoms with Gasteiger partial charge in [0.25, 0.3) is 0 Å². The normalized spacial score (nSPS) is 21.3. The maximum Gasteiger partial charge on any atom is 0.333 e. The molecule has 0 bridgehead atoms. The van der Waals surface area contributed by atoms with E-state index in [0.717, 1.165) is 49.1 Å². The molecule has 5 nitrogen and oxygen atoms in total. The van der Waals surface area contributed by atoms with Crippen LogP contribution in [0, 0.1) is 5.92 Å². The minimum atomic E-state index is -2.62. The Bertz CT molecular complexity index is 861. The first-order valence-electron chi connectivity index (χ1n) is 8.65. The Labute approximate surface area is 144 Å². The first-order chi connectivity index (χ1) is 12.1. The van der Waals surface area contributed by atoms with E-state index < -0.39 is 6.55 Å². The molecule has 1 aliphatic carbocycles. The Morgan fingerprint density at radius 3 is 2.56 bits per heavy atom. The van der Waals surface area contributed by atoms with Crippen LogP contribution < -0.4 is 5.73 Å². The van der Waals surface area contributed by atoms with Crippen LogP contribution in [-0.4, -0.2) is 25.7 Å². The summed E-state index contributed by atoms with van der Waals surface area (Å²) < 4.78 is 28.0. The van der Waals surface area contributed by atoms with E-state index >= 15 is 0 Å². The number of nitrogens with two attached hydrogens (primary N) is 1. The van der Waals surface area contributed by atoms with Gasteiger partial charge in [-0.25, -0.2) is 9.67 Å². The highest BCUT2D eigenvalue weighted by atomic mass is 19.3. The Kier molecular flexibility index (Phi) is 4.25. The van der Waals surface area contributed by atoms with Gasteiger partial charge in [0.05, 0.1) is 11.9 Å². The molecule has 3 aromatic heterocycles. The molecule has 1 fully saturated rings. The van der Waals surface area contributed by atoms with Crippen molar-refractivity contribution in [2.75, 3.05) is 6.54 Å². The first-order valence-corrected chi connectivity index (χ1v) is 8.65. The number of aromatic nitrogens is 4. The number of nitrogens with zero attached hydrogens (tertiary/aromatic N) is 4. The fourth-order valence-electron chi connectivity index (χ4n) is 3.67. The molecule has 0 aromatic carbocycles. The van der Waals surface area contributed by atoms with Gasteiger partial charge in [0.15, 0.2) is 0 Å². The van der Waals surface area contributed by atoms with E-state index in [0.29, 0.717) is 22.1 Å². The standard InChI is InChI=1S/C18H21F2N5/c19-18(20)25-10-15(8-22-25)14-5-6-17-23-16(11-24(17)9-14)13-3-1-12(7-21)2-4-13/h5-6,8-13,18H,1-4,7,21H2. The van der Waals surface area contributed by atoms with E-state index in [9.17, 15) is 8.78 Å². The summed E-state index contributed by atoms with van der Waals surface area (Å²) >= 11 is 0. The summed E-state index contributed by atoms with van der Waals surface area (Å²) in [5.74, 6) is 1.12. The lowest BCUT2D eigenvalue weighted by atomic mass is 9.81. The average Bonchev–Trinajstić information content (AvgIpc) is 3.28. The summed E-state index contributed by atoms with van der Waals surface area (Å²) in [5.41, 5.74) is 9.26. The van der Waals surface area contributed by atoms with Gasteiger partial charge in [0.2, 0.25) is 0 Å². The highest BCUT2D eigenvalue weighted by Crippen LogP contribution is 2.35. The molecule has 0 aliphatic heterocycles. The van der Waals surface area contributed by atoms with Gasteiger partial charge in [-0.2, -0.15) is 13.9 Å². The van der Waals surface area contributed by atoms with Gasteiger partial charge in [-0.1, -0.05) is 0 Å². The van der Waals surface area contributed by atoms with Crippen LogP contribution in [0.3, 0.4) is 0 Å². The van der Waals surface area contributed by atoms with E-state index in [1.165, 1.54) is 12.4 Å². The molecule has 0 atom stereocenters. The predicted molar refractivity (Wildman–Crippen MR) is 91.4 cm³/mol. The number of hydrogen-bond donors (Lipinski definition) is 1. The molecular weight excluding hydrogens is 324 g/mol. The van der Waals surface area contributed by atoms with Gasteiger partial charge in [-0.15, -0.1) is 0 Å². The number of halogens is 2. The van der Waals surface area contributed by atoms with Crippen LogP contribution in [0.1, 0.15) is 43.8 Å². The number of imidazole rings is 1. The molecule has 0 saturated heterocycles. The maximum absolute atomic E-state index is 12.7. The second-order valence-corrected chi connectivity index (χ2v) is 6.79. The first kappa shape index (κ1) is 16.2. The van der Waals surface area contributed by atoms with Gasteiger partial charge in [0, 0.05) is 35.6 Å². The molecule has 25 heavy (non-hydrogen) atoms. The Balaban J connectivity index is 1.59. The SMILES string of the molecule is NCC1CCC(c2cn3cc(-c4cnn(C(F)F)c4)ccc3n2)CC1. The largest absolute Gasteiger partial charge is 0.333 e. The van der Waals surface area contributed by atoms with E-state index in [2.05, 4.69) is 11.3 Å². The lowest BCUT2D eigenvalue weighted by Crippen LogP contribution is -2.20. The monoisotopic (exact) mass is 345 g/mol. The molecule has 1 aliphatic rings. The summed E-state index contributed by atoms with van der Waals surface area (Å²) in [5, 5.41) is 3.70. The van der Waals surface area contributed by atoms with Crippen molar-refractivity contribution < 1.29 is 8.78 Å². The lowest BCUT2D eigenvalue weighted by Gasteiger charge is -2.26. The van der Waals surface area contributed by atoms with Crippen LogP contribution in [-0.2, 0) is 0 Å². The molecule has 2 N–H and O–H groups in total. The van der Waals surface area contributed by atoms with Gasteiger partial charge in [-0.3, -0.25) is 0 Å². The zero-order chi connectivity index (χ0) is 17.4. The number of fused-ring (bicyclic) bond motifs is 1. The van der Waals surface area contributed by atoms with Gasteiger partial charge < -0.3 is 10.1 Å². The summed E-state index contributed by atoms with van der Waals surface area (Å²) in [6.45, 7) is -1.85. The smallest absolute Gasteiger partial charge is 0.330 e. The Hall–Kier alpha value is -2.28. The van der Waals surface area contributed by atoms with Crippen LogP contribution in [0.5, 0.6) is 0 Å². The predicted octanol–water partition coefficient (Wildman–Crippen LogP) is 3.83. The van der Waals surface area contributed by atoms with Crippen LogP contribution in [0.2, 0.25) is 0 Å². The molecule has 1 saturated carbocycles. The van der Waals surface area contributed by atoms with E-state index in [4.69, 9.17) is 10.7 Å². The zero-order valence-corrected chi connectivity index (χ0v) is 13.9. The van der Waals surface area contributed by atoms with Crippen molar-refractivity contribution in [1.82, 2.24) is 19.2 Å². The number of alkyl halides is 2. The number of rotatable bonds is 4. The minimum absolute atomic E-state index is 0.479. The highest BCUT2D eigenvalue weighted by Gasteiger charge is 2.23. The lowest BCUT2D eigenvalue weighted by molar-refractivity contribution is 0.0566. The Morgan fingerprint density at radius 2 is 1.88 bits per heavy atom. The fourth-order valence-corrected chi connectivity index (χ4v) is 3.67. The van der Waals surface area contributed by atoms with E-state index in [1.807, 2.05) is 22.7 Å². The summed E-state index contributed by atoms with van der Waals surface area (Å²) in [4.78, 5) is 4.75. The highest BCUT2D eigenvalue weighted by molar-refractivity contribution is 5.63. The molecule has 0 amide bonds. The van der Waals surface area contributed by atoms with Crippen LogP contribution in [0.25, 0.3) is 16.8 Å². The molecule has 4 rings (SSSR count). The van der Waals surface area contributed by atoms with Crippen LogP contribution >= 0.6 is 0 Å². The minimum Gasteiger partial charge on any atom is -0.330 e. The van der Waals surface area contributed by atoms with Crippen LogP contribution in [0.4, 0.5) is 8.78 Å². The Morgan fingerprint density at radius 1 is 1.08 bits per heavy atom. The number of pyridine rings is 1. The second-order valence-electron chi connectivity index (χ2n) is 6.79.